The number of benzene rings is 1. The van der Waals surface area contributed by atoms with Crippen LogP contribution < -0.4 is 5.32 Å². The Morgan fingerprint density at radius 2 is 2.20 bits per heavy atom. The molecule has 1 heterocycles. The molecule has 0 bridgehead atoms. The lowest BCUT2D eigenvalue weighted by atomic mass is 9.83. The molecule has 3 rings (SSSR count). The third-order valence-corrected chi connectivity index (χ3v) is 5.06. The maximum Gasteiger partial charge on any atom is 0.00796 e. The van der Waals surface area contributed by atoms with E-state index < -0.39 is 0 Å². The van der Waals surface area contributed by atoms with Crippen molar-refractivity contribution >= 4 is 11.3 Å². The van der Waals surface area contributed by atoms with Gasteiger partial charge in [0.25, 0.3) is 0 Å². The fourth-order valence-corrected chi connectivity index (χ4v) is 3.93. The number of rotatable bonds is 5. The molecule has 2 aromatic rings. The minimum Gasteiger partial charge on any atom is -0.313 e. The van der Waals surface area contributed by atoms with Gasteiger partial charge >= 0.3 is 0 Å². The van der Waals surface area contributed by atoms with E-state index in [9.17, 15) is 0 Å². The number of hydrogen-bond donors (Lipinski definition) is 1. The number of thiophene rings is 1. The SMILES string of the molecule is CC(Cc1ccsc1)NCC1CCCc2ccccc21. The highest BCUT2D eigenvalue weighted by molar-refractivity contribution is 7.07. The van der Waals surface area contributed by atoms with Crippen molar-refractivity contribution in [2.45, 2.75) is 44.6 Å². The average molecular weight is 285 g/mol. The van der Waals surface area contributed by atoms with E-state index in [2.05, 4.69) is 53.3 Å². The fourth-order valence-electron chi connectivity index (χ4n) is 3.24. The molecule has 1 aliphatic rings. The van der Waals surface area contributed by atoms with Crippen molar-refractivity contribution in [3.8, 4) is 0 Å². The van der Waals surface area contributed by atoms with E-state index in [0.717, 1.165) is 13.0 Å². The van der Waals surface area contributed by atoms with Gasteiger partial charge in [-0.3, -0.25) is 0 Å². The zero-order valence-corrected chi connectivity index (χ0v) is 13.0. The summed E-state index contributed by atoms with van der Waals surface area (Å²) in [6.07, 6.45) is 5.06. The maximum absolute atomic E-state index is 3.74. The van der Waals surface area contributed by atoms with Gasteiger partial charge in [-0.05, 0) is 72.0 Å². The molecular formula is C18H23NS. The van der Waals surface area contributed by atoms with Crippen LogP contribution >= 0.6 is 11.3 Å². The first-order valence-corrected chi connectivity index (χ1v) is 8.59. The minimum atomic E-state index is 0.554. The standard InChI is InChI=1S/C18H23NS/c1-14(11-15-9-10-20-13-15)19-12-17-7-4-6-16-5-2-3-8-18(16)17/h2-3,5,8-10,13-14,17,19H,4,6-7,11-12H2,1H3. The Morgan fingerprint density at radius 1 is 1.30 bits per heavy atom. The summed E-state index contributed by atoms with van der Waals surface area (Å²) in [4.78, 5) is 0. The van der Waals surface area contributed by atoms with Crippen LogP contribution in [-0.2, 0) is 12.8 Å². The number of nitrogens with one attached hydrogen (secondary N) is 1. The zero-order chi connectivity index (χ0) is 13.8. The molecule has 0 amide bonds. The molecule has 1 aromatic heterocycles. The van der Waals surface area contributed by atoms with Gasteiger partial charge in [-0.25, -0.2) is 0 Å². The molecule has 0 saturated heterocycles. The number of hydrogen-bond acceptors (Lipinski definition) is 2. The molecule has 2 unspecified atom stereocenters. The van der Waals surface area contributed by atoms with E-state index in [-0.39, 0.29) is 0 Å². The maximum atomic E-state index is 3.74. The summed E-state index contributed by atoms with van der Waals surface area (Å²) in [5.74, 6) is 0.699. The van der Waals surface area contributed by atoms with Crippen molar-refractivity contribution in [1.29, 1.82) is 0 Å². The van der Waals surface area contributed by atoms with Crippen molar-refractivity contribution < 1.29 is 0 Å². The van der Waals surface area contributed by atoms with E-state index in [1.807, 2.05) is 0 Å². The lowest BCUT2D eigenvalue weighted by Crippen LogP contribution is -2.33. The van der Waals surface area contributed by atoms with Crippen LogP contribution in [0, 0.1) is 0 Å². The topological polar surface area (TPSA) is 12.0 Å². The van der Waals surface area contributed by atoms with Gasteiger partial charge in [0.05, 0.1) is 0 Å². The predicted octanol–water partition coefficient (Wildman–Crippen LogP) is 4.39. The minimum absolute atomic E-state index is 0.554. The third kappa shape index (κ3) is 3.31. The van der Waals surface area contributed by atoms with Gasteiger partial charge in [-0.15, -0.1) is 0 Å². The molecule has 20 heavy (non-hydrogen) atoms. The summed E-state index contributed by atoms with van der Waals surface area (Å²) >= 11 is 1.79. The Kier molecular flexibility index (Phi) is 4.54. The second-order valence-electron chi connectivity index (χ2n) is 5.93. The van der Waals surface area contributed by atoms with E-state index in [4.69, 9.17) is 0 Å². The molecule has 1 N–H and O–H groups in total. The molecule has 0 aliphatic heterocycles. The van der Waals surface area contributed by atoms with E-state index in [1.165, 1.54) is 24.8 Å². The summed E-state index contributed by atoms with van der Waals surface area (Å²) in [5, 5.41) is 8.16. The van der Waals surface area contributed by atoms with Crippen LogP contribution in [0.15, 0.2) is 41.1 Å². The van der Waals surface area contributed by atoms with Crippen LogP contribution in [0.4, 0.5) is 0 Å². The summed E-state index contributed by atoms with van der Waals surface area (Å²) in [5.41, 5.74) is 4.60. The second kappa shape index (κ2) is 6.55. The molecule has 2 heteroatoms. The van der Waals surface area contributed by atoms with Crippen molar-refractivity contribution in [2.24, 2.45) is 0 Å². The van der Waals surface area contributed by atoms with Gasteiger partial charge in [-0.2, -0.15) is 11.3 Å². The largest absolute Gasteiger partial charge is 0.313 e. The van der Waals surface area contributed by atoms with Gasteiger partial charge in [0.15, 0.2) is 0 Å². The highest BCUT2D eigenvalue weighted by Gasteiger charge is 2.19. The molecule has 0 saturated carbocycles. The first-order chi connectivity index (χ1) is 9.83. The lowest BCUT2D eigenvalue weighted by molar-refractivity contribution is 0.464. The number of aryl methyl sites for hydroxylation is 1. The quantitative estimate of drug-likeness (QED) is 0.859. The van der Waals surface area contributed by atoms with Crippen molar-refractivity contribution in [3.05, 3.63) is 57.8 Å². The van der Waals surface area contributed by atoms with Crippen LogP contribution in [0.1, 0.15) is 42.4 Å². The molecular weight excluding hydrogens is 262 g/mol. The monoisotopic (exact) mass is 285 g/mol. The first kappa shape index (κ1) is 13.8. The average Bonchev–Trinajstić information content (AvgIpc) is 2.98. The predicted molar refractivity (Wildman–Crippen MR) is 87.6 cm³/mol. The molecule has 0 fully saturated rings. The summed E-state index contributed by atoms with van der Waals surface area (Å²) in [7, 11) is 0. The molecule has 106 valence electrons. The van der Waals surface area contributed by atoms with Crippen LogP contribution in [-0.4, -0.2) is 12.6 Å². The molecule has 1 aromatic carbocycles. The van der Waals surface area contributed by atoms with E-state index in [1.54, 1.807) is 22.5 Å². The fraction of sp³-hybridized carbons (Fsp3) is 0.444. The van der Waals surface area contributed by atoms with Gasteiger partial charge in [0.1, 0.15) is 0 Å². The van der Waals surface area contributed by atoms with Gasteiger partial charge in [0, 0.05) is 12.6 Å². The summed E-state index contributed by atoms with van der Waals surface area (Å²) in [6.45, 7) is 3.41. The van der Waals surface area contributed by atoms with Crippen LogP contribution in [0.2, 0.25) is 0 Å². The molecule has 2 atom stereocenters. The molecule has 0 radical (unpaired) electrons. The Hall–Kier alpha value is -1.12. The Balaban J connectivity index is 1.56. The van der Waals surface area contributed by atoms with Crippen molar-refractivity contribution in [3.63, 3.8) is 0 Å². The van der Waals surface area contributed by atoms with Gasteiger partial charge in [-0.1, -0.05) is 24.3 Å². The van der Waals surface area contributed by atoms with Crippen LogP contribution in [0.3, 0.4) is 0 Å². The Labute approximate surface area is 126 Å². The highest BCUT2D eigenvalue weighted by atomic mass is 32.1. The van der Waals surface area contributed by atoms with E-state index in [0.29, 0.717) is 12.0 Å². The molecule has 1 nitrogen and oxygen atoms in total. The lowest BCUT2D eigenvalue weighted by Gasteiger charge is -2.27. The normalized spacial score (nSPS) is 19.6. The first-order valence-electron chi connectivity index (χ1n) is 7.65. The van der Waals surface area contributed by atoms with Crippen LogP contribution in [0.5, 0.6) is 0 Å². The summed E-state index contributed by atoms with van der Waals surface area (Å²) < 4.78 is 0. The van der Waals surface area contributed by atoms with Gasteiger partial charge < -0.3 is 5.32 Å². The van der Waals surface area contributed by atoms with E-state index >= 15 is 0 Å². The summed E-state index contributed by atoms with van der Waals surface area (Å²) in [6, 6.07) is 11.8. The van der Waals surface area contributed by atoms with Crippen LogP contribution in [0.25, 0.3) is 0 Å². The highest BCUT2D eigenvalue weighted by Crippen LogP contribution is 2.30. The second-order valence-corrected chi connectivity index (χ2v) is 6.71. The molecule has 1 aliphatic carbocycles. The third-order valence-electron chi connectivity index (χ3n) is 4.33. The Bertz CT molecular complexity index is 532. The Morgan fingerprint density at radius 3 is 3.05 bits per heavy atom. The van der Waals surface area contributed by atoms with Crippen molar-refractivity contribution in [1.82, 2.24) is 5.32 Å². The smallest absolute Gasteiger partial charge is 0.00796 e. The van der Waals surface area contributed by atoms with Crippen molar-refractivity contribution in [2.75, 3.05) is 6.54 Å². The zero-order valence-electron chi connectivity index (χ0n) is 12.1. The van der Waals surface area contributed by atoms with Gasteiger partial charge in [0.2, 0.25) is 0 Å². The number of fused-ring (bicyclic) bond motifs is 1. The molecule has 0 spiro atoms.